The summed E-state index contributed by atoms with van der Waals surface area (Å²) in [4.78, 5) is 0. The molecular weight excluding hydrogens is 435 g/mol. The number of fused-ring (bicyclic) bond motifs is 3. The number of alkyl halides is 3. The van der Waals surface area contributed by atoms with Crippen LogP contribution in [0, 0.1) is 35.3 Å². The molecule has 1 fully saturated rings. The van der Waals surface area contributed by atoms with Gasteiger partial charge in [-0.25, -0.2) is 8.78 Å². The van der Waals surface area contributed by atoms with Crippen LogP contribution in [-0.4, -0.2) is 6.36 Å². The van der Waals surface area contributed by atoms with Gasteiger partial charge in [-0.15, -0.1) is 13.2 Å². The number of unbranched alkanes of at least 4 members (excludes halogenated alkanes) is 1. The van der Waals surface area contributed by atoms with Gasteiger partial charge in [-0.3, -0.25) is 0 Å². The van der Waals surface area contributed by atoms with Gasteiger partial charge in [-0.2, -0.15) is 0 Å². The second-order valence-corrected chi connectivity index (χ2v) is 9.21. The third-order valence-electron chi connectivity index (χ3n) is 6.95. The van der Waals surface area contributed by atoms with E-state index in [2.05, 4.69) is 29.6 Å². The van der Waals surface area contributed by atoms with Gasteiger partial charge in [0.15, 0.2) is 11.6 Å². The fourth-order valence-electron chi connectivity index (χ4n) is 5.44. The summed E-state index contributed by atoms with van der Waals surface area (Å²) in [6, 6.07) is 7.58. The maximum atomic E-state index is 13.9. The van der Waals surface area contributed by atoms with Crippen molar-refractivity contribution in [3.05, 3.63) is 64.2 Å². The summed E-state index contributed by atoms with van der Waals surface area (Å²) >= 11 is 0. The molecule has 0 saturated heterocycles. The zero-order valence-electron chi connectivity index (χ0n) is 18.6. The van der Waals surface area contributed by atoms with E-state index in [0.29, 0.717) is 5.92 Å². The number of ether oxygens (including phenoxy) is 1. The largest absolute Gasteiger partial charge is 0.573 e. The van der Waals surface area contributed by atoms with Gasteiger partial charge in [0.2, 0.25) is 5.75 Å². The van der Waals surface area contributed by atoms with E-state index in [-0.39, 0.29) is 5.56 Å². The summed E-state index contributed by atoms with van der Waals surface area (Å²) in [6.07, 6.45) is 4.73. The number of hydrogen-bond donors (Lipinski definition) is 0. The van der Waals surface area contributed by atoms with E-state index in [1.165, 1.54) is 56.1 Å². The summed E-state index contributed by atoms with van der Waals surface area (Å²) < 4.78 is 68.1. The molecule has 0 heterocycles. The van der Waals surface area contributed by atoms with Gasteiger partial charge in [0, 0.05) is 11.1 Å². The molecule has 0 N–H and O–H groups in total. The summed E-state index contributed by atoms with van der Waals surface area (Å²) in [5, 5.41) is 0. The van der Waals surface area contributed by atoms with E-state index in [9.17, 15) is 22.0 Å². The van der Waals surface area contributed by atoms with E-state index in [1.54, 1.807) is 0 Å². The lowest BCUT2D eigenvalue weighted by atomic mass is 9.64. The first-order valence-electron chi connectivity index (χ1n) is 11.6. The van der Waals surface area contributed by atoms with Crippen molar-refractivity contribution >= 4 is 0 Å². The van der Waals surface area contributed by atoms with Crippen molar-refractivity contribution in [3.8, 4) is 17.6 Å². The van der Waals surface area contributed by atoms with Crippen LogP contribution in [0.5, 0.6) is 5.75 Å². The number of benzene rings is 2. The summed E-state index contributed by atoms with van der Waals surface area (Å²) in [5.74, 6) is 3.38. The first-order valence-corrected chi connectivity index (χ1v) is 11.6. The maximum absolute atomic E-state index is 13.9. The number of rotatable bonds is 4. The Balaban J connectivity index is 1.49. The highest BCUT2D eigenvalue weighted by molar-refractivity contribution is 5.48. The number of halogens is 5. The molecule has 2 aromatic rings. The molecule has 4 rings (SSSR count). The molecule has 0 bridgehead atoms. The van der Waals surface area contributed by atoms with E-state index < -0.39 is 23.7 Å². The van der Waals surface area contributed by atoms with Gasteiger partial charge in [-0.05, 0) is 85.3 Å². The lowest BCUT2D eigenvalue weighted by molar-refractivity contribution is -0.276. The van der Waals surface area contributed by atoms with Gasteiger partial charge in [0.25, 0.3) is 0 Å². The minimum absolute atomic E-state index is 0.0530. The second kappa shape index (κ2) is 9.75. The highest BCUT2D eigenvalue weighted by Gasteiger charge is 2.35. The van der Waals surface area contributed by atoms with Crippen molar-refractivity contribution in [3.63, 3.8) is 0 Å². The zero-order valence-corrected chi connectivity index (χ0v) is 18.6. The summed E-state index contributed by atoms with van der Waals surface area (Å²) in [6.45, 7) is 2.24. The molecular formula is C27H27F5O. The van der Waals surface area contributed by atoms with Crippen LogP contribution < -0.4 is 4.74 Å². The van der Waals surface area contributed by atoms with Gasteiger partial charge in [0.1, 0.15) is 0 Å². The van der Waals surface area contributed by atoms with Crippen molar-refractivity contribution in [1.29, 1.82) is 0 Å². The molecule has 0 amide bonds. The summed E-state index contributed by atoms with van der Waals surface area (Å²) in [5.41, 5.74) is 3.35. The molecule has 3 atom stereocenters. The lowest BCUT2D eigenvalue weighted by Crippen LogP contribution is -2.28. The fraction of sp³-hybridized carbons (Fsp3) is 0.481. The topological polar surface area (TPSA) is 9.23 Å². The minimum atomic E-state index is -5.17. The molecule has 1 nitrogen and oxygen atoms in total. The molecule has 6 heteroatoms. The molecule has 2 aliphatic carbocycles. The smallest absolute Gasteiger partial charge is 0.399 e. The number of aryl methyl sites for hydroxylation is 1. The third kappa shape index (κ3) is 5.69. The third-order valence-corrected chi connectivity index (χ3v) is 6.95. The van der Waals surface area contributed by atoms with Gasteiger partial charge in [-0.1, -0.05) is 44.1 Å². The Morgan fingerprint density at radius 3 is 2.39 bits per heavy atom. The SMILES string of the molecule is CCCCC1CCC2c3ccc(C#Cc4cc(F)c(OC(F)(F)F)c(F)c4)cc3CCC2C1. The molecule has 1 saturated carbocycles. The van der Waals surface area contributed by atoms with Crippen LogP contribution in [0.4, 0.5) is 22.0 Å². The van der Waals surface area contributed by atoms with E-state index in [4.69, 9.17) is 0 Å². The Bertz CT molecular complexity index is 1040. The predicted octanol–water partition coefficient (Wildman–Crippen LogP) is 7.90. The van der Waals surface area contributed by atoms with Crippen molar-refractivity contribution in [2.24, 2.45) is 11.8 Å². The fourth-order valence-corrected chi connectivity index (χ4v) is 5.44. The molecule has 176 valence electrons. The highest BCUT2D eigenvalue weighted by Crippen LogP contribution is 2.48. The van der Waals surface area contributed by atoms with Crippen LogP contribution in [0.1, 0.15) is 80.0 Å². The Morgan fingerprint density at radius 2 is 1.70 bits per heavy atom. The maximum Gasteiger partial charge on any atom is 0.573 e. The Kier molecular flexibility index (Phi) is 6.97. The average molecular weight is 463 g/mol. The lowest BCUT2D eigenvalue weighted by Gasteiger charge is -2.40. The summed E-state index contributed by atoms with van der Waals surface area (Å²) in [7, 11) is 0. The monoisotopic (exact) mass is 462 g/mol. The zero-order chi connectivity index (χ0) is 23.6. The Morgan fingerprint density at radius 1 is 0.970 bits per heavy atom. The van der Waals surface area contributed by atoms with Crippen molar-refractivity contribution < 1.29 is 26.7 Å². The first-order chi connectivity index (χ1) is 15.7. The van der Waals surface area contributed by atoms with Gasteiger partial charge >= 0.3 is 6.36 Å². The second-order valence-electron chi connectivity index (χ2n) is 9.21. The molecule has 0 aliphatic heterocycles. The first kappa shape index (κ1) is 23.6. The average Bonchev–Trinajstić information content (AvgIpc) is 2.77. The minimum Gasteiger partial charge on any atom is -0.399 e. The number of hydrogen-bond acceptors (Lipinski definition) is 1. The van der Waals surface area contributed by atoms with Crippen molar-refractivity contribution in [1.82, 2.24) is 0 Å². The standard InChI is InChI=1S/C27H27F5O/c1-2-3-4-17-7-11-22-20(13-17)9-10-21-14-18(8-12-23(21)22)5-6-19-15-24(28)26(25(29)16-19)33-27(30,31)32/h8,12,14-17,20,22H,2-4,7,9-11,13H2,1H3. The van der Waals surface area contributed by atoms with Crippen LogP contribution in [0.2, 0.25) is 0 Å². The molecule has 33 heavy (non-hydrogen) atoms. The van der Waals surface area contributed by atoms with Crippen molar-refractivity contribution in [2.75, 3.05) is 0 Å². The normalized spacial score (nSPS) is 22.1. The van der Waals surface area contributed by atoms with Gasteiger partial charge in [0.05, 0.1) is 0 Å². The molecule has 0 spiro atoms. The highest BCUT2D eigenvalue weighted by atomic mass is 19.4. The van der Waals surface area contributed by atoms with Crippen LogP contribution in [-0.2, 0) is 6.42 Å². The molecule has 0 radical (unpaired) electrons. The Hall–Kier alpha value is -2.55. The van der Waals surface area contributed by atoms with E-state index in [1.807, 2.05) is 12.1 Å². The van der Waals surface area contributed by atoms with E-state index >= 15 is 0 Å². The quantitative estimate of drug-likeness (QED) is 0.331. The van der Waals surface area contributed by atoms with Crippen molar-refractivity contribution in [2.45, 2.75) is 70.6 Å². The van der Waals surface area contributed by atoms with Crippen LogP contribution in [0.15, 0.2) is 30.3 Å². The van der Waals surface area contributed by atoms with E-state index in [0.717, 1.165) is 36.0 Å². The predicted molar refractivity (Wildman–Crippen MR) is 117 cm³/mol. The molecule has 0 aromatic heterocycles. The van der Waals surface area contributed by atoms with Crippen LogP contribution in [0.3, 0.4) is 0 Å². The molecule has 2 aromatic carbocycles. The van der Waals surface area contributed by atoms with Crippen LogP contribution in [0.25, 0.3) is 0 Å². The van der Waals surface area contributed by atoms with Crippen LogP contribution >= 0.6 is 0 Å². The molecule has 3 unspecified atom stereocenters. The van der Waals surface area contributed by atoms with Gasteiger partial charge < -0.3 is 4.74 Å². The Labute approximate surface area is 191 Å². The molecule has 2 aliphatic rings.